The lowest BCUT2D eigenvalue weighted by atomic mass is 10.1. The molecule has 1 atom stereocenters. The predicted octanol–water partition coefficient (Wildman–Crippen LogP) is 4.05. The second kappa shape index (κ2) is 6.50. The quantitative estimate of drug-likeness (QED) is 0.623. The highest BCUT2D eigenvalue weighted by atomic mass is 35.5. The van der Waals surface area contributed by atoms with Crippen LogP contribution in [0.3, 0.4) is 0 Å². The Morgan fingerprint density at radius 1 is 0.905 bits per heavy atom. The molecule has 0 aromatic heterocycles. The Bertz CT molecular complexity index is 577. The Morgan fingerprint density at radius 2 is 1.62 bits per heavy atom. The first-order valence-electron chi connectivity index (χ1n) is 7.49. The van der Waals surface area contributed by atoms with Gasteiger partial charge in [0.1, 0.15) is 5.50 Å². The molecule has 0 bridgehead atoms. The van der Waals surface area contributed by atoms with E-state index in [2.05, 4.69) is 53.1 Å². The molecule has 0 N–H and O–H groups in total. The SMILES string of the molecule is Cc1cccc(N2CCN(C(Cl)c3ccccc3)CC2)c1. The maximum absolute atomic E-state index is 6.61. The fourth-order valence-corrected chi connectivity index (χ4v) is 3.19. The summed E-state index contributed by atoms with van der Waals surface area (Å²) in [6, 6.07) is 19.1. The molecule has 1 aliphatic rings. The van der Waals surface area contributed by atoms with E-state index in [1.54, 1.807) is 0 Å². The maximum atomic E-state index is 6.61. The van der Waals surface area contributed by atoms with E-state index in [0.29, 0.717) is 0 Å². The van der Waals surface area contributed by atoms with E-state index in [9.17, 15) is 0 Å². The van der Waals surface area contributed by atoms with Gasteiger partial charge in [-0.05, 0) is 30.2 Å². The first-order chi connectivity index (χ1) is 10.2. The van der Waals surface area contributed by atoms with Crippen molar-refractivity contribution < 1.29 is 0 Å². The third-order valence-corrected chi connectivity index (χ3v) is 4.60. The molecule has 0 amide bonds. The number of rotatable bonds is 3. The summed E-state index contributed by atoms with van der Waals surface area (Å²) in [5.41, 5.74) is 3.80. The van der Waals surface area contributed by atoms with Crippen LogP contribution in [0.5, 0.6) is 0 Å². The van der Waals surface area contributed by atoms with Gasteiger partial charge in [0.15, 0.2) is 0 Å². The fraction of sp³-hybridized carbons (Fsp3) is 0.333. The number of hydrogen-bond acceptors (Lipinski definition) is 2. The zero-order chi connectivity index (χ0) is 14.7. The highest BCUT2D eigenvalue weighted by Gasteiger charge is 2.23. The summed E-state index contributed by atoms with van der Waals surface area (Å²) in [5, 5.41) is 0. The molecule has 1 heterocycles. The number of anilines is 1. The highest BCUT2D eigenvalue weighted by Crippen LogP contribution is 2.27. The van der Waals surface area contributed by atoms with Crippen molar-refractivity contribution in [1.29, 1.82) is 0 Å². The van der Waals surface area contributed by atoms with Crippen molar-refractivity contribution >= 4 is 17.3 Å². The molecule has 0 saturated carbocycles. The molecule has 2 aromatic carbocycles. The summed E-state index contributed by atoms with van der Waals surface area (Å²) in [4.78, 5) is 4.79. The van der Waals surface area contributed by atoms with Gasteiger partial charge in [0, 0.05) is 31.9 Å². The lowest BCUT2D eigenvalue weighted by Crippen LogP contribution is -2.46. The molecule has 21 heavy (non-hydrogen) atoms. The maximum Gasteiger partial charge on any atom is 0.111 e. The summed E-state index contributed by atoms with van der Waals surface area (Å²) < 4.78 is 0. The van der Waals surface area contributed by atoms with Gasteiger partial charge in [-0.1, -0.05) is 42.5 Å². The van der Waals surface area contributed by atoms with E-state index in [0.717, 1.165) is 26.2 Å². The first kappa shape index (κ1) is 14.4. The van der Waals surface area contributed by atoms with E-state index in [4.69, 9.17) is 11.6 Å². The lowest BCUT2D eigenvalue weighted by Gasteiger charge is -2.38. The number of benzene rings is 2. The van der Waals surface area contributed by atoms with Crippen molar-refractivity contribution in [3.63, 3.8) is 0 Å². The summed E-state index contributed by atoms with van der Waals surface area (Å²) in [7, 11) is 0. The van der Waals surface area contributed by atoms with Crippen LogP contribution < -0.4 is 4.90 Å². The van der Waals surface area contributed by atoms with E-state index < -0.39 is 0 Å². The molecular weight excluding hydrogens is 280 g/mol. The van der Waals surface area contributed by atoms with Gasteiger partial charge in [-0.2, -0.15) is 0 Å². The monoisotopic (exact) mass is 300 g/mol. The molecule has 2 nitrogen and oxygen atoms in total. The summed E-state index contributed by atoms with van der Waals surface area (Å²) in [6.07, 6.45) is 0. The molecule has 1 unspecified atom stereocenters. The van der Waals surface area contributed by atoms with Gasteiger partial charge in [-0.3, -0.25) is 4.90 Å². The average Bonchev–Trinajstić information content (AvgIpc) is 2.55. The van der Waals surface area contributed by atoms with Crippen LogP contribution in [0, 0.1) is 6.92 Å². The van der Waals surface area contributed by atoms with E-state index in [1.165, 1.54) is 16.8 Å². The summed E-state index contributed by atoms with van der Waals surface area (Å²) >= 11 is 6.61. The van der Waals surface area contributed by atoms with Gasteiger partial charge in [0.05, 0.1) is 0 Å². The fourth-order valence-electron chi connectivity index (χ4n) is 2.85. The van der Waals surface area contributed by atoms with Crippen LogP contribution in [0.25, 0.3) is 0 Å². The van der Waals surface area contributed by atoms with Gasteiger partial charge >= 0.3 is 0 Å². The molecule has 0 spiro atoms. The van der Waals surface area contributed by atoms with Gasteiger partial charge in [0.25, 0.3) is 0 Å². The van der Waals surface area contributed by atoms with Crippen LogP contribution in [0.1, 0.15) is 16.6 Å². The van der Waals surface area contributed by atoms with Gasteiger partial charge in [-0.15, -0.1) is 11.6 Å². The predicted molar refractivity (Wildman–Crippen MR) is 90.0 cm³/mol. The zero-order valence-electron chi connectivity index (χ0n) is 12.4. The topological polar surface area (TPSA) is 6.48 Å². The van der Waals surface area contributed by atoms with Crippen molar-refractivity contribution in [3.05, 3.63) is 65.7 Å². The first-order valence-corrected chi connectivity index (χ1v) is 7.92. The minimum atomic E-state index is -0.0224. The second-order valence-corrected chi connectivity index (χ2v) is 6.02. The minimum Gasteiger partial charge on any atom is -0.369 e. The van der Waals surface area contributed by atoms with Crippen LogP contribution in [-0.2, 0) is 0 Å². The molecule has 3 rings (SSSR count). The summed E-state index contributed by atoms with van der Waals surface area (Å²) in [6.45, 7) is 6.19. The van der Waals surface area contributed by atoms with Crippen LogP contribution in [0.15, 0.2) is 54.6 Å². The number of alkyl halides is 1. The number of halogens is 1. The van der Waals surface area contributed by atoms with Crippen molar-refractivity contribution in [2.45, 2.75) is 12.4 Å². The van der Waals surface area contributed by atoms with Crippen molar-refractivity contribution in [2.24, 2.45) is 0 Å². The van der Waals surface area contributed by atoms with E-state index in [-0.39, 0.29) is 5.50 Å². The molecule has 2 aromatic rings. The Hall–Kier alpha value is -1.51. The summed E-state index contributed by atoms with van der Waals surface area (Å²) in [5.74, 6) is 0. The Labute approximate surface area is 131 Å². The van der Waals surface area contributed by atoms with E-state index in [1.807, 2.05) is 18.2 Å². The highest BCUT2D eigenvalue weighted by molar-refractivity contribution is 6.20. The third kappa shape index (κ3) is 3.39. The molecule has 1 saturated heterocycles. The van der Waals surface area contributed by atoms with Crippen LogP contribution in [0.4, 0.5) is 5.69 Å². The largest absolute Gasteiger partial charge is 0.369 e. The van der Waals surface area contributed by atoms with Gasteiger partial charge in [-0.25, -0.2) is 0 Å². The second-order valence-electron chi connectivity index (χ2n) is 5.61. The normalized spacial score (nSPS) is 17.7. The molecule has 110 valence electrons. The average molecular weight is 301 g/mol. The lowest BCUT2D eigenvalue weighted by molar-refractivity contribution is 0.238. The van der Waals surface area contributed by atoms with Gasteiger partial charge in [0.2, 0.25) is 0 Å². The molecule has 1 aliphatic heterocycles. The van der Waals surface area contributed by atoms with Gasteiger partial charge < -0.3 is 4.90 Å². The standard InChI is InChI=1S/C18H21ClN2/c1-15-6-5-9-17(14-15)20-10-12-21(13-11-20)18(19)16-7-3-2-4-8-16/h2-9,14,18H,10-13H2,1H3. The molecule has 1 fully saturated rings. The van der Waals surface area contributed by atoms with Crippen molar-refractivity contribution in [2.75, 3.05) is 31.1 Å². The number of piperazine rings is 1. The molecule has 0 aliphatic carbocycles. The molecule has 0 radical (unpaired) electrons. The minimum absolute atomic E-state index is 0.0224. The van der Waals surface area contributed by atoms with E-state index >= 15 is 0 Å². The van der Waals surface area contributed by atoms with Crippen LogP contribution >= 0.6 is 11.6 Å². The molecule has 3 heteroatoms. The van der Waals surface area contributed by atoms with Crippen molar-refractivity contribution in [3.8, 4) is 0 Å². The third-order valence-electron chi connectivity index (χ3n) is 4.08. The van der Waals surface area contributed by atoms with Crippen LogP contribution in [0.2, 0.25) is 0 Å². The van der Waals surface area contributed by atoms with Crippen molar-refractivity contribution in [1.82, 2.24) is 4.90 Å². The number of aryl methyl sites for hydroxylation is 1. The number of nitrogens with zero attached hydrogens (tertiary/aromatic N) is 2. The number of hydrogen-bond donors (Lipinski definition) is 0. The molecular formula is C18H21ClN2. The Kier molecular flexibility index (Phi) is 4.47. The van der Waals surface area contributed by atoms with Crippen LogP contribution in [-0.4, -0.2) is 31.1 Å². The Morgan fingerprint density at radius 3 is 2.29 bits per heavy atom. The zero-order valence-corrected chi connectivity index (χ0v) is 13.1. The Balaban J connectivity index is 1.63. The smallest absolute Gasteiger partial charge is 0.111 e.